The standard InChI is InChI=1S/C18H25N3O2S/c1-13-14-7-11-24-15(14)6-10-20(13)12-21-16(22)18(19-17(21)23)8-4-2-3-5-9-18/h7,11,13H,2-6,8-10,12H2,1H3,(H,19,23)/p+1/t13-/m0/s1. The molecule has 1 spiro atoms. The van der Waals surface area contributed by atoms with Crippen LogP contribution in [0.2, 0.25) is 0 Å². The van der Waals surface area contributed by atoms with E-state index in [4.69, 9.17) is 0 Å². The summed E-state index contributed by atoms with van der Waals surface area (Å²) >= 11 is 1.82. The highest BCUT2D eigenvalue weighted by Gasteiger charge is 2.52. The lowest BCUT2D eigenvalue weighted by molar-refractivity contribution is -0.938. The molecule has 2 aliphatic heterocycles. The first-order valence-corrected chi connectivity index (χ1v) is 10.0. The normalized spacial score (nSPS) is 29.5. The molecule has 3 aliphatic rings. The molecule has 1 unspecified atom stereocenters. The van der Waals surface area contributed by atoms with Crippen LogP contribution in [0.3, 0.4) is 0 Å². The summed E-state index contributed by atoms with van der Waals surface area (Å²) in [6.07, 6.45) is 7.04. The number of urea groups is 1. The van der Waals surface area contributed by atoms with E-state index in [0.29, 0.717) is 12.7 Å². The third-order valence-electron chi connectivity index (χ3n) is 6.10. The Labute approximate surface area is 147 Å². The molecule has 24 heavy (non-hydrogen) atoms. The number of hydrogen-bond donors (Lipinski definition) is 2. The second-order valence-electron chi connectivity index (χ2n) is 7.50. The van der Waals surface area contributed by atoms with Crippen LogP contribution in [0.15, 0.2) is 11.4 Å². The largest absolute Gasteiger partial charge is 0.329 e. The smallest absolute Gasteiger partial charge is 0.323 e. The maximum atomic E-state index is 13.1. The number of carbonyl (C=O) groups is 2. The highest BCUT2D eigenvalue weighted by atomic mass is 32.1. The lowest BCUT2D eigenvalue weighted by Crippen LogP contribution is -3.14. The van der Waals surface area contributed by atoms with Gasteiger partial charge in [-0.25, -0.2) is 9.69 Å². The summed E-state index contributed by atoms with van der Waals surface area (Å²) in [6.45, 7) is 3.68. The number of rotatable bonds is 2. The Morgan fingerprint density at radius 2 is 2.04 bits per heavy atom. The Kier molecular flexibility index (Phi) is 4.12. The van der Waals surface area contributed by atoms with Crippen molar-refractivity contribution in [3.63, 3.8) is 0 Å². The molecule has 0 bridgehead atoms. The molecule has 1 aliphatic carbocycles. The van der Waals surface area contributed by atoms with Gasteiger partial charge in [0.2, 0.25) is 0 Å². The van der Waals surface area contributed by atoms with Crippen LogP contribution in [-0.4, -0.2) is 35.6 Å². The minimum Gasteiger partial charge on any atom is -0.323 e. The van der Waals surface area contributed by atoms with E-state index in [-0.39, 0.29) is 11.9 Å². The first kappa shape index (κ1) is 16.1. The van der Waals surface area contributed by atoms with Gasteiger partial charge in [-0.15, -0.1) is 11.3 Å². The summed E-state index contributed by atoms with van der Waals surface area (Å²) in [5, 5.41) is 5.20. The van der Waals surface area contributed by atoms with E-state index in [1.807, 2.05) is 11.3 Å². The van der Waals surface area contributed by atoms with Crippen LogP contribution >= 0.6 is 11.3 Å². The summed E-state index contributed by atoms with van der Waals surface area (Å²) in [7, 11) is 0. The molecule has 3 amide bonds. The molecule has 6 heteroatoms. The van der Waals surface area contributed by atoms with Crippen LogP contribution in [-0.2, 0) is 11.2 Å². The van der Waals surface area contributed by atoms with Crippen molar-refractivity contribution < 1.29 is 14.5 Å². The fourth-order valence-corrected chi connectivity index (χ4v) is 5.54. The van der Waals surface area contributed by atoms with Gasteiger partial charge in [-0.2, -0.15) is 0 Å². The average Bonchev–Trinajstić information content (AvgIpc) is 3.03. The number of carbonyl (C=O) groups excluding carboxylic acids is 2. The van der Waals surface area contributed by atoms with Gasteiger partial charge in [0.25, 0.3) is 5.91 Å². The van der Waals surface area contributed by atoms with Crippen molar-refractivity contribution in [2.45, 2.75) is 63.5 Å². The van der Waals surface area contributed by atoms with Crippen LogP contribution in [0.5, 0.6) is 0 Å². The molecule has 1 aromatic heterocycles. The predicted octanol–water partition coefficient (Wildman–Crippen LogP) is 1.85. The second-order valence-corrected chi connectivity index (χ2v) is 8.50. The van der Waals surface area contributed by atoms with Crippen molar-refractivity contribution in [3.8, 4) is 0 Å². The zero-order chi connectivity index (χ0) is 16.7. The molecule has 2 fully saturated rings. The zero-order valence-electron chi connectivity index (χ0n) is 14.3. The summed E-state index contributed by atoms with van der Waals surface area (Å²) in [6, 6.07) is 2.35. The molecule has 130 valence electrons. The lowest BCUT2D eigenvalue weighted by atomic mass is 9.90. The van der Waals surface area contributed by atoms with E-state index < -0.39 is 5.54 Å². The monoisotopic (exact) mass is 348 g/mol. The molecule has 2 atom stereocenters. The molecule has 0 radical (unpaired) electrons. The van der Waals surface area contributed by atoms with Crippen molar-refractivity contribution in [1.29, 1.82) is 0 Å². The third-order valence-corrected chi connectivity index (χ3v) is 7.09. The second kappa shape index (κ2) is 6.15. The van der Waals surface area contributed by atoms with Crippen LogP contribution in [0, 0.1) is 0 Å². The minimum absolute atomic E-state index is 0.0187. The van der Waals surface area contributed by atoms with Crippen LogP contribution in [0.25, 0.3) is 0 Å². The van der Waals surface area contributed by atoms with Gasteiger partial charge in [-0.1, -0.05) is 25.7 Å². The van der Waals surface area contributed by atoms with Crippen LogP contribution in [0.4, 0.5) is 4.79 Å². The SMILES string of the molecule is C[C@H]1c2ccsc2CC[NH+]1CN1C(=O)NC2(CCCCCC2)C1=O. The van der Waals surface area contributed by atoms with E-state index in [0.717, 1.165) is 38.6 Å². The van der Waals surface area contributed by atoms with E-state index in [1.165, 1.54) is 33.1 Å². The van der Waals surface area contributed by atoms with Gasteiger partial charge in [0, 0.05) is 16.9 Å². The minimum atomic E-state index is -0.612. The van der Waals surface area contributed by atoms with Crippen molar-refractivity contribution in [3.05, 3.63) is 21.9 Å². The van der Waals surface area contributed by atoms with Crippen molar-refractivity contribution >= 4 is 23.3 Å². The van der Waals surface area contributed by atoms with Gasteiger partial charge in [0.15, 0.2) is 6.67 Å². The van der Waals surface area contributed by atoms with Crippen molar-refractivity contribution in [2.24, 2.45) is 0 Å². The maximum Gasteiger partial charge on any atom is 0.329 e. The summed E-state index contributed by atoms with van der Waals surface area (Å²) in [4.78, 5) is 29.9. The Hall–Kier alpha value is -1.40. The molecule has 0 aromatic carbocycles. The maximum absolute atomic E-state index is 13.1. The fraction of sp³-hybridized carbons (Fsp3) is 0.667. The average molecular weight is 348 g/mol. The highest BCUT2D eigenvalue weighted by molar-refractivity contribution is 7.10. The highest BCUT2D eigenvalue weighted by Crippen LogP contribution is 2.32. The number of imide groups is 1. The number of nitrogens with one attached hydrogen (secondary N) is 2. The molecular weight excluding hydrogens is 322 g/mol. The Morgan fingerprint density at radius 3 is 2.79 bits per heavy atom. The van der Waals surface area contributed by atoms with E-state index in [1.54, 1.807) is 0 Å². The van der Waals surface area contributed by atoms with Crippen molar-refractivity contribution in [1.82, 2.24) is 10.2 Å². The molecule has 2 N–H and O–H groups in total. The van der Waals surface area contributed by atoms with Gasteiger partial charge < -0.3 is 10.2 Å². The van der Waals surface area contributed by atoms with Gasteiger partial charge in [-0.3, -0.25) is 4.79 Å². The molecular formula is C18H26N3O2S+. The molecule has 5 nitrogen and oxygen atoms in total. The van der Waals surface area contributed by atoms with Gasteiger partial charge >= 0.3 is 6.03 Å². The number of hydrogen-bond acceptors (Lipinski definition) is 3. The van der Waals surface area contributed by atoms with Crippen LogP contribution in [0.1, 0.15) is 61.9 Å². The number of fused-ring (bicyclic) bond motifs is 1. The van der Waals surface area contributed by atoms with E-state index >= 15 is 0 Å². The Morgan fingerprint density at radius 1 is 1.29 bits per heavy atom. The summed E-state index contributed by atoms with van der Waals surface area (Å²) < 4.78 is 0. The van der Waals surface area contributed by atoms with Gasteiger partial charge in [0.05, 0.1) is 6.54 Å². The van der Waals surface area contributed by atoms with Crippen LogP contribution < -0.4 is 10.2 Å². The number of quaternary nitrogens is 1. The molecule has 3 heterocycles. The fourth-order valence-electron chi connectivity index (χ4n) is 4.56. The molecule has 4 rings (SSSR count). The summed E-state index contributed by atoms with van der Waals surface area (Å²) in [5.41, 5.74) is 0.775. The molecule has 1 saturated carbocycles. The third kappa shape index (κ3) is 2.56. The van der Waals surface area contributed by atoms with E-state index in [2.05, 4.69) is 23.7 Å². The number of amides is 3. The Bertz CT molecular complexity index is 648. The van der Waals surface area contributed by atoms with Gasteiger partial charge in [0.1, 0.15) is 11.6 Å². The quantitative estimate of drug-likeness (QED) is 0.802. The first-order valence-electron chi connectivity index (χ1n) is 9.16. The summed E-state index contributed by atoms with van der Waals surface area (Å²) in [5.74, 6) is 0.0187. The zero-order valence-corrected chi connectivity index (χ0v) is 15.1. The molecule has 1 aromatic rings. The molecule has 1 saturated heterocycles. The topological polar surface area (TPSA) is 53.9 Å². The predicted molar refractivity (Wildman–Crippen MR) is 92.9 cm³/mol. The first-order chi connectivity index (χ1) is 11.6. The number of thiophene rings is 1. The van der Waals surface area contributed by atoms with E-state index in [9.17, 15) is 9.59 Å². The van der Waals surface area contributed by atoms with Gasteiger partial charge in [-0.05, 0) is 31.2 Å². The Balaban J connectivity index is 1.51. The number of nitrogens with zero attached hydrogens (tertiary/aromatic N) is 1. The van der Waals surface area contributed by atoms with Crippen molar-refractivity contribution in [2.75, 3.05) is 13.2 Å². The lowest BCUT2D eigenvalue weighted by Gasteiger charge is -2.32.